The van der Waals surface area contributed by atoms with Crippen molar-refractivity contribution in [2.45, 2.75) is 78.1 Å². The van der Waals surface area contributed by atoms with Crippen molar-refractivity contribution in [2.75, 3.05) is 0 Å². The predicted molar refractivity (Wildman–Crippen MR) is 66.1 cm³/mol. The van der Waals surface area contributed by atoms with Crippen molar-refractivity contribution in [1.29, 1.82) is 0 Å². The molecule has 0 rings (SSSR count). The minimum absolute atomic E-state index is 1.11. The zero-order valence-corrected chi connectivity index (χ0v) is 10.3. The summed E-state index contributed by atoms with van der Waals surface area (Å²) < 4.78 is 0. The topological polar surface area (TPSA) is 0 Å². The molecule has 0 aliphatic carbocycles. The first-order valence-corrected chi connectivity index (χ1v) is 6.47. The average Bonchev–Trinajstić information content (AvgIpc) is 2.22. The van der Waals surface area contributed by atoms with Crippen LogP contribution in [0.15, 0.2) is 0 Å². The van der Waals surface area contributed by atoms with E-state index >= 15 is 0 Å². The van der Waals surface area contributed by atoms with Crippen LogP contribution in [0.4, 0.5) is 0 Å². The van der Waals surface area contributed by atoms with E-state index in [1.165, 1.54) is 57.8 Å². The summed E-state index contributed by atoms with van der Waals surface area (Å²) in [4.78, 5) is 0. The predicted octanol–water partition coefficient (Wildman–Crippen LogP) is 5.34. The Kier molecular flexibility index (Phi) is 11.1. The molecule has 0 saturated heterocycles. The maximum absolute atomic E-state index is 3.86. The summed E-state index contributed by atoms with van der Waals surface area (Å²) in [5.74, 6) is 1.75. The number of rotatable bonds is 10. The summed E-state index contributed by atoms with van der Waals surface area (Å²) in [5.41, 5.74) is 0. The Morgan fingerprint density at radius 3 is 1.79 bits per heavy atom. The van der Waals surface area contributed by atoms with Crippen molar-refractivity contribution >= 4 is 0 Å². The van der Waals surface area contributed by atoms with Crippen LogP contribution in [-0.2, 0) is 0 Å². The van der Waals surface area contributed by atoms with E-state index < -0.39 is 0 Å². The van der Waals surface area contributed by atoms with Gasteiger partial charge >= 0.3 is 0 Å². The van der Waals surface area contributed by atoms with E-state index in [1.807, 2.05) is 0 Å². The lowest BCUT2D eigenvalue weighted by Crippen LogP contribution is -1.93. The van der Waals surface area contributed by atoms with Crippen LogP contribution in [0.3, 0.4) is 0 Å². The number of hydrogen-bond acceptors (Lipinski definition) is 0. The Labute approximate surface area is 91.5 Å². The highest BCUT2D eigenvalue weighted by molar-refractivity contribution is 4.85. The van der Waals surface area contributed by atoms with Gasteiger partial charge in [-0.05, 0) is 25.2 Å². The van der Waals surface area contributed by atoms with Gasteiger partial charge in [0.15, 0.2) is 0 Å². The maximum Gasteiger partial charge on any atom is -0.0246 e. The Morgan fingerprint density at radius 1 is 0.786 bits per heavy atom. The van der Waals surface area contributed by atoms with Crippen LogP contribution in [0.1, 0.15) is 78.1 Å². The SMILES string of the molecule is [CH2]CCCCCCCC[C](CC)CC. The van der Waals surface area contributed by atoms with E-state index in [0.29, 0.717) is 0 Å². The van der Waals surface area contributed by atoms with Gasteiger partial charge in [-0.1, -0.05) is 65.7 Å². The van der Waals surface area contributed by atoms with Crippen LogP contribution < -0.4 is 0 Å². The molecule has 0 spiro atoms. The molecule has 0 atom stereocenters. The van der Waals surface area contributed by atoms with Gasteiger partial charge in [-0.25, -0.2) is 0 Å². The van der Waals surface area contributed by atoms with Crippen molar-refractivity contribution in [1.82, 2.24) is 0 Å². The molecular weight excluding hydrogens is 168 g/mol. The standard InChI is InChI=1S/C14H28/c1-4-7-8-9-10-11-12-13-14(5-2)6-3/h1,4-13H2,2-3H3. The molecule has 0 heteroatoms. The van der Waals surface area contributed by atoms with Gasteiger partial charge in [0.2, 0.25) is 0 Å². The van der Waals surface area contributed by atoms with Crippen molar-refractivity contribution in [3.05, 3.63) is 12.8 Å². The minimum Gasteiger partial charge on any atom is -0.0648 e. The van der Waals surface area contributed by atoms with Gasteiger partial charge < -0.3 is 0 Å². The van der Waals surface area contributed by atoms with Crippen LogP contribution in [0, 0.1) is 12.8 Å². The quantitative estimate of drug-likeness (QED) is 0.414. The summed E-state index contributed by atoms with van der Waals surface area (Å²) in [6.07, 6.45) is 13.5. The lowest BCUT2D eigenvalue weighted by Gasteiger charge is -2.10. The fourth-order valence-electron chi connectivity index (χ4n) is 1.86. The van der Waals surface area contributed by atoms with E-state index in [-0.39, 0.29) is 0 Å². The molecule has 0 aromatic rings. The summed E-state index contributed by atoms with van der Waals surface area (Å²) >= 11 is 0. The normalized spacial score (nSPS) is 11.1. The zero-order valence-electron chi connectivity index (χ0n) is 10.3. The Hall–Kier alpha value is 0. The highest BCUT2D eigenvalue weighted by atomic mass is 14.1. The second-order valence-corrected chi connectivity index (χ2v) is 4.18. The third-order valence-corrected chi connectivity index (χ3v) is 3.03. The molecule has 0 heterocycles. The highest BCUT2D eigenvalue weighted by Crippen LogP contribution is 2.19. The highest BCUT2D eigenvalue weighted by Gasteiger charge is 2.02. The second-order valence-electron chi connectivity index (χ2n) is 4.18. The van der Waals surface area contributed by atoms with E-state index in [2.05, 4.69) is 20.8 Å². The third kappa shape index (κ3) is 8.59. The van der Waals surface area contributed by atoms with Gasteiger partial charge in [-0.2, -0.15) is 0 Å². The summed E-state index contributed by atoms with van der Waals surface area (Å²) in [7, 11) is 0. The maximum atomic E-state index is 3.86. The molecule has 0 fully saturated rings. The molecule has 2 radical (unpaired) electrons. The van der Waals surface area contributed by atoms with Crippen molar-refractivity contribution in [2.24, 2.45) is 0 Å². The Balaban J connectivity index is 3.04. The van der Waals surface area contributed by atoms with Gasteiger partial charge in [0.1, 0.15) is 0 Å². The fraction of sp³-hybridized carbons (Fsp3) is 0.857. The summed E-state index contributed by atoms with van der Waals surface area (Å²) in [5, 5.41) is 0. The molecule has 0 aliphatic heterocycles. The first-order valence-electron chi connectivity index (χ1n) is 6.47. The van der Waals surface area contributed by atoms with Gasteiger partial charge in [0.05, 0.1) is 0 Å². The summed E-state index contributed by atoms with van der Waals surface area (Å²) in [6.45, 7) is 8.43. The third-order valence-electron chi connectivity index (χ3n) is 3.03. The minimum atomic E-state index is 1.11. The van der Waals surface area contributed by atoms with E-state index in [0.717, 1.165) is 6.42 Å². The molecule has 0 aliphatic rings. The second kappa shape index (κ2) is 11.1. The van der Waals surface area contributed by atoms with Crippen LogP contribution in [0.5, 0.6) is 0 Å². The number of unbranched alkanes of at least 4 members (excludes halogenated alkanes) is 6. The molecule has 0 amide bonds. The van der Waals surface area contributed by atoms with Gasteiger partial charge in [0, 0.05) is 0 Å². The smallest absolute Gasteiger partial charge is 0.0246 e. The molecule has 0 N–H and O–H groups in total. The van der Waals surface area contributed by atoms with E-state index in [4.69, 9.17) is 0 Å². The molecule has 0 aromatic heterocycles. The monoisotopic (exact) mass is 196 g/mol. The van der Waals surface area contributed by atoms with Crippen LogP contribution in [0.2, 0.25) is 0 Å². The molecule has 84 valence electrons. The van der Waals surface area contributed by atoms with E-state index in [1.54, 1.807) is 5.92 Å². The lowest BCUT2D eigenvalue weighted by molar-refractivity contribution is 0.569. The molecule has 0 aromatic carbocycles. The first-order chi connectivity index (χ1) is 6.85. The van der Waals surface area contributed by atoms with Crippen molar-refractivity contribution in [3.8, 4) is 0 Å². The lowest BCUT2D eigenvalue weighted by atomic mass is 9.96. The Morgan fingerprint density at radius 2 is 1.29 bits per heavy atom. The van der Waals surface area contributed by atoms with E-state index in [9.17, 15) is 0 Å². The Bertz CT molecular complexity index is 92.2. The first kappa shape index (κ1) is 14.0. The van der Waals surface area contributed by atoms with Gasteiger partial charge in [-0.15, -0.1) is 0 Å². The van der Waals surface area contributed by atoms with Crippen molar-refractivity contribution in [3.63, 3.8) is 0 Å². The van der Waals surface area contributed by atoms with Crippen molar-refractivity contribution < 1.29 is 0 Å². The molecule has 0 unspecified atom stereocenters. The molecule has 0 saturated carbocycles. The molecular formula is C14H28. The van der Waals surface area contributed by atoms with Crippen LogP contribution in [-0.4, -0.2) is 0 Å². The fourth-order valence-corrected chi connectivity index (χ4v) is 1.86. The average molecular weight is 196 g/mol. The molecule has 0 nitrogen and oxygen atoms in total. The zero-order chi connectivity index (χ0) is 10.6. The van der Waals surface area contributed by atoms with Crippen LogP contribution >= 0.6 is 0 Å². The van der Waals surface area contributed by atoms with Gasteiger partial charge in [0.25, 0.3) is 0 Å². The van der Waals surface area contributed by atoms with Gasteiger partial charge in [-0.3, -0.25) is 0 Å². The summed E-state index contributed by atoms with van der Waals surface area (Å²) in [6, 6.07) is 0. The van der Waals surface area contributed by atoms with Crippen LogP contribution in [0.25, 0.3) is 0 Å². The molecule has 14 heavy (non-hydrogen) atoms. The molecule has 0 bridgehead atoms. The largest absolute Gasteiger partial charge is 0.0648 e. The number of hydrogen-bond donors (Lipinski definition) is 0.